The fourth-order valence-corrected chi connectivity index (χ4v) is 3.41. The van der Waals surface area contributed by atoms with Gasteiger partial charge in [-0.25, -0.2) is 0 Å². The second kappa shape index (κ2) is 4.82. The van der Waals surface area contributed by atoms with Crippen molar-refractivity contribution in [3.8, 4) is 0 Å². The minimum atomic E-state index is 0.492. The highest BCUT2D eigenvalue weighted by Gasteiger charge is 2.29. The number of nitrogens with zero attached hydrogens (tertiary/aromatic N) is 2. The minimum absolute atomic E-state index is 0.492. The monoisotopic (exact) mass is 266 g/mol. The molecule has 0 amide bonds. The summed E-state index contributed by atoms with van der Waals surface area (Å²) in [5.74, 6) is 2.96. The number of thiophene rings is 1. The van der Waals surface area contributed by atoms with E-state index in [9.17, 15) is 0 Å². The van der Waals surface area contributed by atoms with Gasteiger partial charge in [-0.2, -0.15) is 0 Å². The fraction of sp³-hybridized carbons (Fsp3) is 0.500. The van der Waals surface area contributed by atoms with E-state index in [2.05, 4.69) is 34.6 Å². The van der Waals surface area contributed by atoms with E-state index in [0.29, 0.717) is 11.2 Å². The molecule has 2 aromatic heterocycles. The molecule has 5 heteroatoms. The summed E-state index contributed by atoms with van der Waals surface area (Å²) in [5, 5.41) is 10.8. The maximum absolute atomic E-state index is 5.64. The van der Waals surface area contributed by atoms with Crippen LogP contribution in [-0.2, 0) is 5.75 Å². The molecule has 2 heterocycles. The third-order valence-electron chi connectivity index (χ3n) is 2.81. The third-order valence-corrected chi connectivity index (χ3v) is 5.18. The van der Waals surface area contributed by atoms with Crippen molar-refractivity contribution in [2.75, 3.05) is 0 Å². The minimum Gasteiger partial charge on any atom is -0.424 e. The Morgan fingerprint density at radius 2 is 2.41 bits per heavy atom. The Kier molecular flexibility index (Phi) is 3.20. The molecule has 0 N–H and O–H groups in total. The molecule has 0 spiro atoms. The van der Waals surface area contributed by atoms with Crippen LogP contribution in [0.1, 0.15) is 47.6 Å². The van der Waals surface area contributed by atoms with Crippen molar-refractivity contribution >= 4 is 23.1 Å². The first kappa shape index (κ1) is 11.3. The third kappa shape index (κ3) is 2.72. The lowest BCUT2D eigenvalue weighted by Gasteiger charge is -2.06. The Labute approximate surface area is 109 Å². The van der Waals surface area contributed by atoms with Crippen LogP contribution in [0.25, 0.3) is 0 Å². The van der Waals surface area contributed by atoms with E-state index in [-0.39, 0.29) is 0 Å². The van der Waals surface area contributed by atoms with E-state index < -0.39 is 0 Å². The zero-order chi connectivity index (χ0) is 11.7. The van der Waals surface area contributed by atoms with Gasteiger partial charge in [-0.05, 0) is 31.2 Å². The predicted molar refractivity (Wildman–Crippen MR) is 70.3 cm³/mol. The number of hydrogen-bond acceptors (Lipinski definition) is 5. The van der Waals surface area contributed by atoms with E-state index in [4.69, 9.17) is 4.42 Å². The smallest absolute Gasteiger partial charge is 0.226 e. The summed E-state index contributed by atoms with van der Waals surface area (Å²) in [6, 6.07) is 4.26. The van der Waals surface area contributed by atoms with Gasteiger partial charge < -0.3 is 4.42 Å². The van der Waals surface area contributed by atoms with Crippen molar-refractivity contribution in [1.82, 2.24) is 10.2 Å². The van der Waals surface area contributed by atoms with Gasteiger partial charge in [0.15, 0.2) is 0 Å². The first-order chi connectivity index (χ1) is 8.33. The Balaban J connectivity index is 1.56. The zero-order valence-corrected chi connectivity index (χ0v) is 11.3. The Morgan fingerprint density at radius 1 is 1.53 bits per heavy atom. The van der Waals surface area contributed by atoms with Gasteiger partial charge in [0.2, 0.25) is 11.8 Å². The molecule has 17 heavy (non-hydrogen) atoms. The standard InChI is InChI=1S/C12H14N2OS2/c1-8(10-3-2-6-16-10)17-7-11-13-14-12(15-11)9-4-5-9/h2-3,6,8-9H,4-5,7H2,1H3/t8-/m1/s1. The topological polar surface area (TPSA) is 38.9 Å². The summed E-state index contributed by atoms with van der Waals surface area (Å²) in [5.41, 5.74) is 0. The highest BCUT2D eigenvalue weighted by atomic mass is 32.2. The normalized spacial score (nSPS) is 17.2. The molecule has 0 unspecified atom stereocenters. The maximum atomic E-state index is 5.64. The summed E-state index contributed by atoms with van der Waals surface area (Å²) in [4.78, 5) is 1.40. The van der Waals surface area contributed by atoms with E-state index in [1.807, 2.05) is 11.8 Å². The molecule has 1 atom stereocenters. The van der Waals surface area contributed by atoms with E-state index >= 15 is 0 Å². The molecule has 1 fully saturated rings. The molecule has 0 aromatic carbocycles. The van der Waals surface area contributed by atoms with Crippen LogP contribution in [0.15, 0.2) is 21.9 Å². The maximum Gasteiger partial charge on any atom is 0.226 e. The number of aromatic nitrogens is 2. The van der Waals surface area contributed by atoms with Gasteiger partial charge in [-0.1, -0.05) is 6.07 Å². The van der Waals surface area contributed by atoms with Gasteiger partial charge in [-0.3, -0.25) is 0 Å². The summed E-state index contributed by atoms with van der Waals surface area (Å²) >= 11 is 3.65. The van der Waals surface area contributed by atoms with Gasteiger partial charge in [-0.15, -0.1) is 33.3 Å². The number of thioether (sulfide) groups is 1. The number of rotatable bonds is 5. The molecule has 1 saturated carbocycles. The molecule has 0 bridgehead atoms. The lowest BCUT2D eigenvalue weighted by Crippen LogP contribution is -1.86. The van der Waals surface area contributed by atoms with Gasteiger partial charge in [0.1, 0.15) is 0 Å². The molecule has 3 rings (SSSR count). The molecular weight excluding hydrogens is 252 g/mol. The van der Waals surface area contributed by atoms with Gasteiger partial charge in [0, 0.05) is 16.0 Å². The molecule has 1 aliphatic rings. The molecular formula is C12H14N2OS2. The summed E-state index contributed by atoms with van der Waals surface area (Å²) < 4.78 is 5.64. The second-order valence-corrected chi connectivity index (χ2v) is 6.59. The molecule has 3 nitrogen and oxygen atoms in total. The molecule has 0 saturated heterocycles. The largest absolute Gasteiger partial charge is 0.424 e. The quantitative estimate of drug-likeness (QED) is 0.820. The van der Waals surface area contributed by atoms with Crippen molar-refractivity contribution in [3.05, 3.63) is 34.2 Å². The van der Waals surface area contributed by atoms with Crippen LogP contribution in [-0.4, -0.2) is 10.2 Å². The molecule has 2 aromatic rings. The van der Waals surface area contributed by atoms with Crippen LogP contribution in [0, 0.1) is 0 Å². The highest BCUT2D eigenvalue weighted by Crippen LogP contribution is 2.39. The highest BCUT2D eigenvalue weighted by molar-refractivity contribution is 7.98. The molecule has 1 aliphatic carbocycles. The van der Waals surface area contributed by atoms with Crippen molar-refractivity contribution in [2.45, 2.75) is 36.7 Å². The van der Waals surface area contributed by atoms with Crippen molar-refractivity contribution < 1.29 is 4.42 Å². The van der Waals surface area contributed by atoms with E-state index in [0.717, 1.165) is 17.5 Å². The molecule has 0 radical (unpaired) electrons. The summed E-state index contributed by atoms with van der Waals surface area (Å²) in [6.07, 6.45) is 2.42. The van der Waals surface area contributed by atoms with Crippen LogP contribution < -0.4 is 0 Å². The fourth-order valence-electron chi connectivity index (χ4n) is 1.62. The molecule has 90 valence electrons. The van der Waals surface area contributed by atoms with Gasteiger partial charge in [0.05, 0.1) is 5.75 Å². The zero-order valence-electron chi connectivity index (χ0n) is 9.63. The second-order valence-electron chi connectivity index (χ2n) is 4.28. The SMILES string of the molecule is C[C@@H](SCc1nnc(C2CC2)o1)c1cccs1. The lowest BCUT2D eigenvalue weighted by molar-refractivity contribution is 0.466. The molecule has 0 aliphatic heterocycles. The Morgan fingerprint density at radius 3 is 3.12 bits per heavy atom. The van der Waals surface area contributed by atoms with Crippen LogP contribution in [0.3, 0.4) is 0 Å². The van der Waals surface area contributed by atoms with E-state index in [1.54, 1.807) is 11.3 Å². The van der Waals surface area contributed by atoms with Crippen molar-refractivity contribution in [1.29, 1.82) is 0 Å². The Bertz CT molecular complexity index is 476. The summed E-state index contributed by atoms with van der Waals surface area (Å²) in [7, 11) is 0. The van der Waals surface area contributed by atoms with Crippen molar-refractivity contribution in [3.63, 3.8) is 0 Å². The van der Waals surface area contributed by atoms with Crippen LogP contribution >= 0.6 is 23.1 Å². The predicted octanol–water partition coefficient (Wildman–Crippen LogP) is 4.00. The average Bonchev–Trinajstić information content (AvgIpc) is 2.88. The average molecular weight is 266 g/mol. The number of hydrogen-bond donors (Lipinski definition) is 0. The first-order valence-corrected chi connectivity index (χ1v) is 7.73. The Hall–Kier alpha value is -0.810. The first-order valence-electron chi connectivity index (χ1n) is 5.80. The van der Waals surface area contributed by atoms with Gasteiger partial charge >= 0.3 is 0 Å². The van der Waals surface area contributed by atoms with Crippen molar-refractivity contribution in [2.24, 2.45) is 0 Å². The van der Waals surface area contributed by atoms with Crippen LogP contribution in [0.2, 0.25) is 0 Å². The van der Waals surface area contributed by atoms with Crippen LogP contribution in [0.4, 0.5) is 0 Å². The summed E-state index contributed by atoms with van der Waals surface area (Å²) in [6.45, 7) is 2.22. The lowest BCUT2D eigenvalue weighted by atomic mass is 10.4. The van der Waals surface area contributed by atoms with E-state index in [1.165, 1.54) is 17.7 Å². The van der Waals surface area contributed by atoms with Gasteiger partial charge in [0.25, 0.3) is 0 Å². The van der Waals surface area contributed by atoms with Crippen LogP contribution in [0.5, 0.6) is 0 Å².